The molecule has 1 aliphatic rings. The number of thiazole rings is 1. The van der Waals surface area contributed by atoms with Gasteiger partial charge < -0.3 is 0 Å². The Labute approximate surface area is 90.6 Å². The van der Waals surface area contributed by atoms with Crippen LogP contribution in [0.4, 0.5) is 0 Å². The highest BCUT2D eigenvalue weighted by Crippen LogP contribution is 2.27. The highest BCUT2D eigenvalue weighted by atomic mass is 32.1. The van der Waals surface area contributed by atoms with Crippen LogP contribution in [0.5, 0.6) is 0 Å². The first-order chi connectivity index (χ1) is 6.79. The number of nitrogens with zero attached hydrogens (tertiary/aromatic N) is 1. The van der Waals surface area contributed by atoms with Crippen molar-refractivity contribution in [3.63, 3.8) is 0 Å². The van der Waals surface area contributed by atoms with Crippen LogP contribution in [-0.2, 0) is 19.3 Å². The number of hydrogen-bond acceptors (Lipinski definition) is 2. The molecule has 0 saturated heterocycles. The number of hydrogen-bond donors (Lipinski definition) is 0. The number of aryl methyl sites for hydroxylation is 3. The second-order valence-corrected chi connectivity index (χ2v) is 5.54. The molecule has 0 radical (unpaired) electrons. The lowest BCUT2D eigenvalue weighted by molar-refractivity contribution is 0.462. The van der Waals surface area contributed by atoms with Crippen molar-refractivity contribution in [1.29, 1.82) is 0 Å². The third kappa shape index (κ3) is 2.17. The minimum absolute atomic E-state index is 0.898. The van der Waals surface area contributed by atoms with E-state index in [4.69, 9.17) is 4.98 Å². The zero-order valence-electron chi connectivity index (χ0n) is 9.18. The molecule has 78 valence electrons. The Morgan fingerprint density at radius 1 is 1.36 bits per heavy atom. The van der Waals surface area contributed by atoms with E-state index < -0.39 is 0 Å². The van der Waals surface area contributed by atoms with Crippen molar-refractivity contribution in [3.8, 4) is 0 Å². The van der Waals surface area contributed by atoms with Crippen LogP contribution in [0, 0.1) is 5.92 Å². The number of rotatable bonds is 1. The standard InChI is InChI=1S/C12H19NS/c1-3-12-13-10-8-7-9(2)5-4-6-11(10)14-12/h9H,3-8H2,1-2H3. The van der Waals surface area contributed by atoms with E-state index in [-0.39, 0.29) is 0 Å². The van der Waals surface area contributed by atoms with Crippen molar-refractivity contribution < 1.29 is 0 Å². The summed E-state index contributed by atoms with van der Waals surface area (Å²) >= 11 is 1.95. The largest absolute Gasteiger partial charge is 0.246 e. The van der Waals surface area contributed by atoms with Crippen LogP contribution in [0.25, 0.3) is 0 Å². The smallest absolute Gasteiger partial charge is 0.0928 e. The summed E-state index contributed by atoms with van der Waals surface area (Å²) in [5.74, 6) is 0.898. The van der Waals surface area contributed by atoms with E-state index in [1.165, 1.54) is 42.8 Å². The van der Waals surface area contributed by atoms with Gasteiger partial charge in [-0.15, -0.1) is 11.3 Å². The predicted molar refractivity (Wildman–Crippen MR) is 61.9 cm³/mol. The maximum absolute atomic E-state index is 4.72. The fraction of sp³-hybridized carbons (Fsp3) is 0.750. The normalized spacial score (nSPS) is 22.6. The first kappa shape index (κ1) is 10.2. The molecular weight excluding hydrogens is 190 g/mol. The van der Waals surface area contributed by atoms with Gasteiger partial charge in [-0.2, -0.15) is 0 Å². The maximum atomic E-state index is 4.72. The van der Waals surface area contributed by atoms with Crippen LogP contribution in [0.3, 0.4) is 0 Å². The summed E-state index contributed by atoms with van der Waals surface area (Å²) in [5, 5.41) is 1.34. The lowest BCUT2D eigenvalue weighted by Crippen LogP contribution is -2.04. The zero-order valence-corrected chi connectivity index (χ0v) is 9.99. The molecule has 0 aromatic carbocycles. The highest BCUT2D eigenvalue weighted by molar-refractivity contribution is 7.11. The van der Waals surface area contributed by atoms with E-state index in [0.29, 0.717) is 0 Å². The summed E-state index contributed by atoms with van der Waals surface area (Å²) < 4.78 is 0. The molecule has 0 aliphatic heterocycles. The molecule has 14 heavy (non-hydrogen) atoms. The molecule has 0 spiro atoms. The van der Waals surface area contributed by atoms with Gasteiger partial charge >= 0.3 is 0 Å². The molecule has 1 aliphatic carbocycles. The fourth-order valence-corrected chi connectivity index (χ4v) is 3.21. The van der Waals surface area contributed by atoms with Gasteiger partial charge in [0.05, 0.1) is 10.7 Å². The molecule has 1 heterocycles. The molecule has 1 aromatic heterocycles. The molecule has 1 aromatic rings. The molecule has 0 bridgehead atoms. The topological polar surface area (TPSA) is 12.9 Å². The van der Waals surface area contributed by atoms with Crippen molar-refractivity contribution >= 4 is 11.3 Å². The molecule has 2 rings (SSSR count). The predicted octanol–water partition coefficient (Wildman–Crippen LogP) is 3.61. The van der Waals surface area contributed by atoms with Crippen LogP contribution >= 0.6 is 11.3 Å². The summed E-state index contributed by atoms with van der Waals surface area (Å²) in [5.41, 5.74) is 1.42. The van der Waals surface area contributed by atoms with Crippen molar-refractivity contribution in [1.82, 2.24) is 4.98 Å². The van der Waals surface area contributed by atoms with Gasteiger partial charge in [-0.3, -0.25) is 0 Å². The van der Waals surface area contributed by atoms with Crippen LogP contribution in [0.1, 0.15) is 48.7 Å². The first-order valence-corrected chi connectivity index (χ1v) is 6.58. The van der Waals surface area contributed by atoms with Gasteiger partial charge in [-0.1, -0.05) is 20.3 Å². The molecule has 0 N–H and O–H groups in total. The van der Waals surface area contributed by atoms with Crippen LogP contribution in [0.15, 0.2) is 0 Å². The van der Waals surface area contributed by atoms with Crippen molar-refractivity contribution in [2.45, 2.75) is 52.4 Å². The molecule has 0 saturated carbocycles. The maximum Gasteiger partial charge on any atom is 0.0928 e. The minimum Gasteiger partial charge on any atom is -0.246 e. The van der Waals surface area contributed by atoms with E-state index in [0.717, 1.165) is 12.3 Å². The van der Waals surface area contributed by atoms with Crippen LogP contribution < -0.4 is 0 Å². The third-order valence-corrected chi connectivity index (χ3v) is 4.40. The summed E-state index contributed by atoms with van der Waals surface area (Å²) in [6, 6.07) is 0. The Bertz CT molecular complexity index is 303. The van der Waals surface area contributed by atoms with E-state index in [9.17, 15) is 0 Å². The van der Waals surface area contributed by atoms with Crippen LogP contribution in [-0.4, -0.2) is 4.98 Å². The highest BCUT2D eigenvalue weighted by Gasteiger charge is 2.15. The van der Waals surface area contributed by atoms with E-state index >= 15 is 0 Å². The van der Waals surface area contributed by atoms with E-state index in [1.807, 2.05) is 11.3 Å². The van der Waals surface area contributed by atoms with Gasteiger partial charge in [0, 0.05) is 4.88 Å². The first-order valence-electron chi connectivity index (χ1n) is 5.77. The average Bonchev–Trinajstić information content (AvgIpc) is 2.54. The summed E-state index contributed by atoms with van der Waals surface area (Å²) in [4.78, 5) is 6.30. The van der Waals surface area contributed by atoms with Crippen LogP contribution in [0.2, 0.25) is 0 Å². The van der Waals surface area contributed by atoms with Gasteiger partial charge in [0.15, 0.2) is 0 Å². The Balaban J connectivity index is 2.18. The molecule has 0 fully saturated rings. The third-order valence-electron chi connectivity index (χ3n) is 3.10. The van der Waals surface area contributed by atoms with Crippen molar-refractivity contribution in [2.24, 2.45) is 5.92 Å². The summed E-state index contributed by atoms with van der Waals surface area (Å²) in [6.07, 6.45) is 7.69. The van der Waals surface area contributed by atoms with E-state index in [1.54, 1.807) is 4.88 Å². The van der Waals surface area contributed by atoms with Gasteiger partial charge in [-0.05, 0) is 38.0 Å². The van der Waals surface area contributed by atoms with Gasteiger partial charge in [0.2, 0.25) is 0 Å². The second-order valence-electron chi connectivity index (χ2n) is 4.37. The van der Waals surface area contributed by atoms with Gasteiger partial charge in [-0.25, -0.2) is 4.98 Å². The average molecular weight is 209 g/mol. The van der Waals surface area contributed by atoms with Gasteiger partial charge in [0.1, 0.15) is 0 Å². The molecule has 1 nitrogen and oxygen atoms in total. The SMILES string of the molecule is CCc1nc2c(s1)CCCC(C)CC2. The number of fused-ring (bicyclic) bond motifs is 1. The van der Waals surface area contributed by atoms with Crippen molar-refractivity contribution in [3.05, 3.63) is 15.6 Å². The second kappa shape index (κ2) is 4.43. The van der Waals surface area contributed by atoms with E-state index in [2.05, 4.69) is 13.8 Å². The molecule has 0 amide bonds. The monoisotopic (exact) mass is 209 g/mol. The lowest BCUT2D eigenvalue weighted by Gasteiger charge is -2.14. The Hall–Kier alpha value is -0.370. The molecule has 1 atom stereocenters. The summed E-state index contributed by atoms with van der Waals surface area (Å²) in [6.45, 7) is 4.58. The fourth-order valence-electron chi connectivity index (χ4n) is 2.12. The quantitative estimate of drug-likeness (QED) is 0.688. The van der Waals surface area contributed by atoms with Crippen molar-refractivity contribution in [2.75, 3.05) is 0 Å². The Kier molecular flexibility index (Phi) is 3.22. The Morgan fingerprint density at radius 2 is 2.21 bits per heavy atom. The zero-order chi connectivity index (χ0) is 9.97. The van der Waals surface area contributed by atoms with Gasteiger partial charge in [0.25, 0.3) is 0 Å². The number of aromatic nitrogens is 1. The lowest BCUT2D eigenvalue weighted by atomic mass is 9.94. The molecular formula is C12H19NS. The molecule has 1 unspecified atom stereocenters. The minimum atomic E-state index is 0.898. The summed E-state index contributed by atoms with van der Waals surface area (Å²) in [7, 11) is 0. The Morgan fingerprint density at radius 3 is 3.00 bits per heavy atom. The molecule has 2 heteroatoms.